The van der Waals surface area contributed by atoms with Gasteiger partial charge >= 0.3 is 0 Å². The van der Waals surface area contributed by atoms with Gasteiger partial charge in [0.25, 0.3) is 0 Å². The van der Waals surface area contributed by atoms with E-state index in [1.165, 1.54) is 75.8 Å². The SMILES string of the molecule is O=C(c1ccc(O[C@H]2CCCC[C@@H]2N2CCCCC2)cc1)c1c(-c2ccc(OCCN3CCCC3)cc2)sc2cccc(O)c12. The number of carbonyl (C=O) groups is 1. The molecule has 0 radical (unpaired) electrons. The lowest BCUT2D eigenvalue weighted by Gasteiger charge is -2.41. The number of hydrogen-bond donors (Lipinski definition) is 1. The summed E-state index contributed by atoms with van der Waals surface area (Å²) in [7, 11) is 0. The van der Waals surface area contributed by atoms with E-state index in [2.05, 4.69) is 9.80 Å². The van der Waals surface area contributed by atoms with Crippen molar-refractivity contribution in [3.63, 3.8) is 0 Å². The monoisotopic (exact) mass is 624 g/mol. The number of phenolic OH excluding ortho intramolecular Hbond substituents is 1. The summed E-state index contributed by atoms with van der Waals surface area (Å²) in [4.78, 5) is 20.1. The largest absolute Gasteiger partial charge is 0.507 e. The normalized spacial score (nSPS) is 21.2. The van der Waals surface area contributed by atoms with Gasteiger partial charge < -0.3 is 14.6 Å². The third-order valence-electron chi connectivity index (χ3n) is 9.84. The van der Waals surface area contributed by atoms with Gasteiger partial charge in [0.2, 0.25) is 0 Å². The van der Waals surface area contributed by atoms with E-state index in [0.29, 0.717) is 29.2 Å². The highest BCUT2D eigenvalue weighted by atomic mass is 32.1. The average Bonchev–Trinajstić information content (AvgIpc) is 3.75. The van der Waals surface area contributed by atoms with Crippen LogP contribution in [0, 0.1) is 0 Å². The maximum atomic E-state index is 14.2. The quantitative estimate of drug-likeness (QED) is 0.180. The summed E-state index contributed by atoms with van der Waals surface area (Å²) in [6.07, 6.45) is 11.4. The second kappa shape index (κ2) is 13.9. The van der Waals surface area contributed by atoms with E-state index in [1.807, 2.05) is 60.7 Å². The van der Waals surface area contributed by atoms with Crippen molar-refractivity contribution < 1.29 is 19.4 Å². The highest BCUT2D eigenvalue weighted by Gasteiger charge is 2.32. The van der Waals surface area contributed by atoms with E-state index in [4.69, 9.17) is 9.47 Å². The molecule has 236 valence electrons. The molecule has 7 rings (SSSR count). The molecule has 0 unspecified atom stereocenters. The van der Waals surface area contributed by atoms with E-state index in [-0.39, 0.29) is 17.6 Å². The third kappa shape index (κ3) is 6.76. The van der Waals surface area contributed by atoms with Gasteiger partial charge in [0.05, 0.1) is 5.56 Å². The molecule has 1 aliphatic carbocycles. The first-order valence-electron chi connectivity index (χ1n) is 16.9. The van der Waals surface area contributed by atoms with E-state index < -0.39 is 0 Å². The van der Waals surface area contributed by atoms with Crippen molar-refractivity contribution in [2.24, 2.45) is 0 Å². The molecule has 3 fully saturated rings. The highest BCUT2D eigenvalue weighted by Crippen LogP contribution is 2.44. The van der Waals surface area contributed by atoms with Gasteiger partial charge in [-0.15, -0.1) is 11.3 Å². The molecular weight excluding hydrogens is 580 g/mol. The molecule has 2 saturated heterocycles. The Balaban J connectivity index is 1.10. The number of benzene rings is 3. The Bertz CT molecular complexity index is 1590. The van der Waals surface area contributed by atoms with Crippen LogP contribution in [0.2, 0.25) is 0 Å². The molecule has 1 saturated carbocycles. The van der Waals surface area contributed by atoms with Gasteiger partial charge in [0, 0.05) is 33.1 Å². The van der Waals surface area contributed by atoms with Crippen LogP contribution >= 0.6 is 11.3 Å². The van der Waals surface area contributed by atoms with Crippen molar-refractivity contribution in [3.8, 4) is 27.7 Å². The fourth-order valence-electron chi connectivity index (χ4n) is 7.44. The Kier molecular flexibility index (Phi) is 9.38. The number of piperidine rings is 1. The second-order valence-electron chi connectivity index (χ2n) is 12.8. The lowest BCUT2D eigenvalue weighted by molar-refractivity contribution is 0.0261. The van der Waals surface area contributed by atoms with Crippen LogP contribution in [-0.2, 0) is 0 Å². The number of fused-ring (bicyclic) bond motifs is 1. The molecule has 2 aliphatic heterocycles. The topological polar surface area (TPSA) is 62.2 Å². The van der Waals surface area contributed by atoms with E-state index in [1.54, 1.807) is 6.07 Å². The predicted octanol–water partition coefficient (Wildman–Crippen LogP) is 8.16. The van der Waals surface area contributed by atoms with E-state index in [0.717, 1.165) is 52.7 Å². The summed E-state index contributed by atoms with van der Waals surface area (Å²) in [5.74, 6) is 1.67. The standard InChI is InChI=1S/C38H44N2O4S/c41-32-10-8-12-34-35(32)36(38(45-34)28-15-17-29(18-16-28)43-26-25-39-21-6-7-22-39)37(42)27-13-19-30(20-14-27)44-33-11-3-2-9-31(33)40-23-4-1-5-24-40/h8,10,12-20,31,33,41H,1-7,9,11,21-26H2/t31-,33-/m0/s1. The predicted molar refractivity (Wildman–Crippen MR) is 182 cm³/mol. The van der Waals surface area contributed by atoms with Crippen LogP contribution in [0.4, 0.5) is 0 Å². The van der Waals surface area contributed by atoms with Crippen LogP contribution < -0.4 is 9.47 Å². The molecule has 6 nitrogen and oxygen atoms in total. The molecule has 45 heavy (non-hydrogen) atoms. The summed E-state index contributed by atoms with van der Waals surface area (Å²) in [5, 5.41) is 11.5. The van der Waals surface area contributed by atoms with Crippen LogP contribution in [0.1, 0.15) is 73.7 Å². The van der Waals surface area contributed by atoms with Gasteiger partial charge in [-0.1, -0.05) is 18.9 Å². The summed E-state index contributed by atoms with van der Waals surface area (Å²) in [6.45, 7) is 6.28. The summed E-state index contributed by atoms with van der Waals surface area (Å²) in [6, 6.07) is 21.6. The number of likely N-dealkylation sites (tertiary alicyclic amines) is 2. The van der Waals surface area contributed by atoms with Crippen molar-refractivity contribution in [2.45, 2.75) is 69.9 Å². The Hall–Kier alpha value is -3.39. The average molecular weight is 625 g/mol. The second-order valence-corrected chi connectivity index (χ2v) is 13.9. The van der Waals surface area contributed by atoms with Gasteiger partial charge in [-0.2, -0.15) is 0 Å². The Labute approximate surface area is 270 Å². The molecule has 3 aliphatic rings. The zero-order valence-corrected chi connectivity index (χ0v) is 26.9. The molecule has 3 aromatic carbocycles. The van der Waals surface area contributed by atoms with Crippen molar-refractivity contribution in [2.75, 3.05) is 39.3 Å². The maximum Gasteiger partial charge on any atom is 0.195 e. The molecule has 4 aromatic rings. The van der Waals surface area contributed by atoms with Crippen molar-refractivity contribution in [3.05, 3.63) is 77.9 Å². The molecule has 2 atom stereocenters. The Morgan fingerprint density at radius 3 is 2.29 bits per heavy atom. The van der Waals surface area contributed by atoms with Crippen LogP contribution in [0.3, 0.4) is 0 Å². The third-order valence-corrected chi connectivity index (χ3v) is 11.0. The number of rotatable bonds is 10. The molecule has 1 N–H and O–H groups in total. The highest BCUT2D eigenvalue weighted by molar-refractivity contribution is 7.22. The number of thiophene rings is 1. The van der Waals surface area contributed by atoms with Crippen molar-refractivity contribution >= 4 is 27.2 Å². The molecule has 3 heterocycles. The molecule has 0 amide bonds. The summed E-state index contributed by atoms with van der Waals surface area (Å²) in [5.41, 5.74) is 2.07. The molecule has 0 spiro atoms. The summed E-state index contributed by atoms with van der Waals surface area (Å²) >= 11 is 1.54. The first-order valence-corrected chi connectivity index (χ1v) is 17.7. The van der Waals surface area contributed by atoms with Crippen LogP contribution in [0.15, 0.2) is 66.7 Å². The zero-order valence-electron chi connectivity index (χ0n) is 26.1. The minimum atomic E-state index is -0.0981. The summed E-state index contributed by atoms with van der Waals surface area (Å²) < 4.78 is 13.5. The van der Waals surface area contributed by atoms with E-state index in [9.17, 15) is 9.90 Å². The number of nitrogens with zero attached hydrogens (tertiary/aromatic N) is 2. The number of aromatic hydroxyl groups is 1. The fraction of sp³-hybridized carbons (Fsp3) is 0.447. The number of carbonyl (C=O) groups excluding carboxylic acids is 1. The first-order chi connectivity index (χ1) is 22.1. The lowest BCUT2D eigenvalue weighted by atomic mass is 9.90. The smallest absolute Gasteiger partial charge is 0.195 e. The Morgan fingerprint density at radius 1 is 0.800 bits per heavy atom. The maximum absolute atomic E-state index is 14.2. The number of phenols is 1. The van der Waals surface area contributed by atoms with Crippen LogP contribution in [-0.4, -0.2) is 72.2 Å². The molecule has 7 heteroatoms. The molecular formula is C38H44N2O4S. The van der Waals surface area contributed by atoms with Crippen LogP contribution in [0.25, 0.3) is 20.5 Å². The van der Waals surface area contributed by atoms with Crippen molar-refractivity contribution in [1.82, 2.24) is 9.80 Å². The first kappa shape index (κ1) is 30.3. The van der Waals surface area contributed by atoms with Gasteiger partial charge in [0.15, 0.2) is 5.78 Å². The number of ketones is 1. The molecule has 1 aromatic heterocycles. The fourth-order valence-corrected chi connectivity index (χ4v) is 8.66. The number of ether oxygens (including phenoxy) is 2. The lowest BCUT2D eigenvalue weighted by Crippen LogP contribution is -2.49. The molecule has 0 bridgehead atoms. The van der Waals surface area contributed by atoms with Crippen molar-refractivity contribution in [1.29, 1.82) is 0 Å². The zero-order chi connectivity index (χ0) is 30.6. The van der Waals surface area contributed by atoms with Gasteiger partial charge in [-0.05, 0) is 137 Å². The van der Waals surface area contributed by atoms with Crippen LogP contribution in [0.5, 0.6) is 17.2 Å². The van der Waals surface area contributed by atoms with Gasteiger partial charge in [0.1, 0.15) is 30.0 Å². The number of hydrogen-bond acceptors (Lipinski definition) is 7. The minimum Gasteiger partial charge on any atom is -0.507 e. The van der Waals surface area contributed by atoms with E-state index >= 15 is 0 Å². The minimum absolute atomic E-state index is 0.0981. The van der Waals surface area contributed by atoms with Gasteiger partial charge in [-0.3, -0.25) is 14.6 Å². The van der Waals surface area contributed by atoms with Gasteiger partial charge in [-0.25, -0.2) is 0 Å². The Morgan fingerprint density at radius 2 is 1.51 bits per heavy atom.